The fourth-order valence-corrected chi connectivity index (χ4v) is 5.17. The summed E-state index contributed by atoms with van der Waals surface area (Å²) in [5, 5.41) is 6.54. The lowest BCUT2D eigenvalue weighted by molar-refractivity contribution is -0.116. The second-order valence-electron chi connectivity index (χ2n) is 8.20. The molecule has 33 heavy (non-hydrogen) atoms. The van der Waals surface area contributed by atoms with Crippen molar-refractivity contribution in [3.05, 3.63) is 75.0 Å². The van der Waals surface area contributed by atoms with E-state index in [-0.39, 0.29) is 24.9 Å². The summed E-state index contributed by atoms with van der Waals surface area (Å²) in [7, 11) is -2.07. The van der Waals surface area contributed by atoms with Crippen LogP contribution in [0.5, 0.6) is 0 Å². The van der Waals surface area contributed by atoms with E-state index >= 15 is 0 Å². The molecule has 2 amide bonds. The molecular formula is C23H22ClN3O5S. The number of pyridine rings is 1. The summed E-state index contributed by atoms with van der Waals surface area (Å²) in [4.78, 5) is 38.4. The third-order valence-electron chi connectivity index (χ3n) is 5.92. The van der Waals surface area contributed by atoms with Gasteiger partial charge in [0.25, 0.3) is 11.5 Å². The Kier molecular flexibility index (Phi) is 5.79. The minimum absolute atomic E-state index is 0.0442. The zero-order valence-corrected chi connectivity index (χ0v) is 19.6. The van der Waals surface area contributed by atoms with Gasteiger partial charge in [0.15, 0.2) is 14.6 Å². The maximum atomic E-state index is 13.0. The molecule has 2 aromatic carbocycles. The first-order valence-electron chi connectivity index (χ1n) is 10.2. The molecule has 0 saturated heterocycles. The Labute approximate surface area is 195 Å². The molecule has 8 nitrogen and oxygen atoms in total. The van der Waals surface area contributed by atoms with Crippen LogP contribution in [0.15, 0.2) is 53.3 Å². The number of benzene rings is 2. The lowest BCUT2D eigenvalue weighted by Crippen LogP contribution is -2.37. The zero-order valence-electron chi connectivity index (χ0n) is 18.0. The Morgan fingerprint density at radius 1 is 1.12 bits per heavy atom. The van der Waals surface area contributed by atoms with E-state index in [0.29, 0.717) is 21.6 Å². The molecule has 0 radical (unpaired) electrons. The fraction of sp³-hybridized carbons (Fsp3) is 0.261. The maximum absolute atomic E-state index is 13.0. The number of hydrogen-bond donors (Lipinski definition) is 2. The molecule has 1 saturated carbocycles. The van der Waals surface area contributed by atoms with Crippen LogP contribution >= 0.6 is 11.6 Å². The second-order valence-corrected chi connectivity index (χ2v) is 11.0. The second kappa shape index (κ2) is 8.31. The van der Waals surface area contributed by atoms with Crippen LogP contribution in [0, 0.1) is 0 Å². The van der Waals surface area contributed by atoms with Crippen molar-refractivity contribution in [2.45, 2.75) is 24.1 Å². The molecule has 1 fully saturated rings. The van der Waals surface area contributed by atoms with Gasteiger partial charge in [0.2, 0.25) is 5.91 Å². The maximum Gasteiger partial charge on any atom is 0.263 e. The third kappa shape index (κ3) is 4.26. The average Bonchev–Trinajstić information content (AvgIpc) is 3.58. The zero-order chi connectivity index (χ0) is 24.0. The minimum atomic E-state index is -3.57. The number of nitrogens with zero attached hydrogens (tertiary/aromatic N) is 1. The Morgan fingerprint density at radius 3 is 2.39 bits per heavy atom. The first-order chi connectivity index (χ1) is 15.5. The summed E-state index contributed by atoms with van der Waals surface area (Å²) in [6.45, 7) is 0.223. The molecule has 10 heteroatoms. The Hall–Kier alpha value is -3.17. The highest BCUT2D eigenvalue weighted by molar-refractivity contribution is 7.93. The van der Waals surface area contributed by atoms with Crippen molar-refractivity contribution in [2.75, 3.05) is 11.6 Å². The van der Waals surface area contributed by atoms with E-state index in [4.69, 9.17) is 11.6 Å². The molecule has 0 bridgehead atoms. The molecule has 1 aliphatic rings. The van der Waals surface area contributed by atoms with Crippen LogP contribution in [0.3, 0.4) is 0 Å². The quantitative estimate of drug-likeness (QED) is 0.554. The predicted octanol–water partition coefficient (Wildman–Crippen LogP) is 2.64. The lowest BCUT2D eigenvalue weighted by Gasteiger charge is -2.17. The normalized spacial score (nSPS) is 14.6. The molecule has 0 spiro atoms. The number of para-hydroxylation sites is 1. The summed E-state index contributed by atoms with van der Waals surface area (Å²) >= 11 is 5.87. The molecule has 1 aliphatic carbocycles. The monoisotopic (exact) mass is 487 g/mol. The number of amides is 2. The van der Waals surface area contributed by atoms with E-state index in [2.05, 4.69) is 10.6 Å². The van der Waals surface area contributed by atoms with Crippen molar-refractivity contribution in [1.82, 2.24) is 9.88 Å². The average molecular weight is 488 g/mol. The van der Waals surface area contributed by atoms with Gasteiger partial charge in [-0.1, -0.05) is 35.9 Å². The van der Waals surface area contributed by atoms with E-state index < -0.39 is 32.0 Å². The van der Waals surface area contributed by atoms with E-state index in [1.807, 2.05) is 0 Å². The molecule has 1 aromatic heterocycles. The Morgan fingerprint density at radius 2 is 1.79 bits per heavy atom. The van der Waals surface area contributed by atoms with Crippen LogP contribution in [-0.4, -0.2) is 35.8 Å². The fourth-order valence-electron chi connectivity index (χ4n) is 3.81. The van der Waals surface area contributed by atoms with Crippen molar-refractivity contribution < 1.29 is 18.0 Å². The lowest BCUT2D eigenvalue weighted by atomic mass is 10.1. The Balaban J connectivity index is 1.64. The number of aryl methyl sites for hydroxylation is 1. The van der Waals surface area contributed by atoms with E-state index in [1.165, 1.54) is 17.7 Å². The summed E-state index contributed by atoms with van der Waals surface area (Å²) in [6.07, 6.45) is 1.58. The summed E-state index contributed by atoms with van der Waals surface area (Å²) in [5.41, 5.74) is 0.948. The molecule has 0 aliphatic heterocycles. The van der Waals surface area contributed by atoms with Gasteiger partial charge >= 0.3 is 0 Å². The number of hydrogen-bond acceptors (Lipinski definition) is 5. The molecule has 2 N–H and O–H groups in total. The number of carbonyl (C=O) groups excluding carboxylic acids is 2. The number of nitrogens with one attached hydrogen (secondary N) is 2. The van der Waals surface area contributed by atoms with Crippen molar-refractivity contribution in [2.24, 2.45) is 7.05 Å². The van der Waals surface area contributed by atoms with Gasteiger partial charge in [0.1, 0.15) is 5.56 Å². The molecule has 4 rings (SSSR count). The van der Waals surface area contributed by atoms with E-state index in [1.54, 1.807) is 42.5 Å². The number of rotatable bonds is 6. The minimum Gasteiger partial charge on any atom is -0.348 e. The topological polar surface area (TPSA) is 114 Å². The number of aromatic nitrogens is 1. The van der Waals surface area contributed by atoms with Gasteiger partial charge in [-0.15, -0.1) is 0 Å². The number of fused-ring (bicyclic) bond motifs is 1. The van der Waals surface area contributed by atoms with Gasteiger partial charge in [0, 0.05) is 30.3 Å². The standard InChI is InChI=1S/C23H22ClN3O5S/c1-27-19-15(4-3-5-18(19)26-22(30)23(10-11-23)33(2,31)32)12-17(21(27)29)20(28)25-13-14-6-8-16(24)9-7-14/h3-9,12H,10-11,13H2,1-2H3,(H,25,28)(H,26,30). The van der Waals surface area contributed by atoms with Crippen LogP contribution in [0.1, 0.15) is 28.8 Å². The number of anilines is 1. The molecule has 1 heterocycles. The first-order valence-corrected chi connectivity index (χ1v) is 12.5. The van der Waals surface area contributed by atoms with Gasteiger partial charge in [0.05, 0.1) is 11.2 Å². The van der Waals surface area contributed by atoms with Gasteiger partial charge in [-0.3, -0.25) is 14.4 Å². The van der Waals surface area contributed by atoms with Crippen LogP contribution in [-0.2, 0) is 28.2 Å². The van der Waals surface area contributed by atoms with Gasteiger partial charge in [-0.2, -0.15) is 0 Å². The third-order valence-corrected chi connectivity index (χ3v) is 8.19. The number of halogens is 1. The molecule has 0 atom stereocenters. The highest BCUT2D eigenvalue weighted by atomic mass is 35.5. The van der Waals surface area contributed by atoms with Crippen molar-refractivity contribution in [3.63, 3.8) is 0 Å². The largest absolute Gasteiger partial charge is 0.348 e. The molecule has 3 aromatic rings. The van der Waals surface area contributed by atoms with Crippen molar-refractivity contribution in [1.29, 1.82) is 0 Å². The smallest absolute Gasteiger partial charge is 0.263 e. The first kappa shape index (κ1) is 23.0. The molecule has 0 unspecified atom stereocenters. The van der Waals surface area contributed by atoms with Gasteiger partial charge in [-0.05, 0) is 42.7 Å². The summed E-state index contributed by atoms with van der Waals surface area (Å²) in [6, 6.07) is 13.4. The van der Waals surface area contributed by atoms with E-state index in [0.717, 1.165) is 11.8 Å². The Bertz CT molecular complexity index is 1440. The highest BCUT2D eigenvalue weighted by Gasteiger charge is 2.58. The highest BCUT2D eigenvalue weighted by Crippen LogP contribution is 2.44. The molecule has 172 valence electrons. The van der Waals surface area contributed by atoms with E-state index in [9.17, 15) is 22.8 Å². The van der Waals surface area contributed by atoms with Crippen LogP contribution in [0.2, 0.25) is 5.02 Å². The van der Waals surface area contributed by atoms with Crippen molar-refractivity contribution >= 4 is 49.8 Å². The number of carbonyl (C=O) groups is 2. The SMILES string of the molecule is Cn1c(=O)c(C(=O)NCc2ccc(Cl)cc2)cc2cccc(NC(=O)C3(S(C)(=O)=O)CC3)c21. The van der Waals surface area contributed by atoms with Crippen molar-refractivity contribution in [3.8, 4) is 0 Å². The van der Waals surface area contributed by atoms with Gasteiger partial charge < -0.3 is 15.2 Å². The van der Waals surface area contributed by atoms with Crippen LogP contribution in [0.25, 0.3) is 10.9 Å². The summed E-state index contributed by atoms with van der Waals surface area (Å²) < 4.78 is 24.0. The van der Waals surface area contributed by atoms with Gasteiger partial charge in [-0.25, -0.2) is 8.42 Å². The predicted molar refractivity (Wildman–Crippen MR) is 127 cm³/mol. The van der Waals surface area contributed by atoms with Crippen LogP contribution in [0.4, 0.5) is 5.69 Å². The summed E-state index contributed by atoms with van der Waals surface area (Å²) in [5.74, 6) is -1.15. The molecular weight excluding hydrogens is 466 g/mol. The number of sulfone groups is 1. The van der Waals surface area contributed by atoms with Crippen LogP contribution < -0.4 is 16.2 Å².